The van der Waals surface area contributed by atoms with E-state index in [-0.39, 0.29) is 17.3 Å². The van der Waals surface area contributed by atoms with Crippen molar-refractivity contribution in [2.45, 2.75) is 33.0 Å². The minimum absolute atomic E-state index is 0.0665. The van der Waals surface area contributed by atoms with Gasteiger partial charge in [0, 0.05) is 54.8 Å². The fourth-order valence-corrected chi connectivity index (χ4v) is 4.78. The van der Waals surface area contributed by atoms with Gasteiger partial charge < -0.3 is 20.3 Å². The summed E-state index contributed by atoms with van der Waals surface area (Å²) in [5, 5.41) is 5.85. The molecule has 2 aromatic heterocycles. The predicted octanol–water partition coefficient (Wildman–Crippen LogP) is 5.28. The van der Waals surface area contributed by atoms with Crippen LogP contribution in [0.15, 0.2) is 48.9 Å². The Kier molecular flexibility index (Phi) is 8.12. The summed E-state index contributed by atoms with van der Waals surface area (Å²) < 4.78 is 46.6. The first-order chi connectivity index (χ1) is 20.0. The number of aryl methyl sites for hydroxylation is 1. The summed E-state index contributed by atoms with van der Waals surface area (Å²) in [6.45, 7) is 8.72. The second-order valence-electron chi connectivity index (χ2n) is 10.3. The van der Waals surface area contributed by atoms with Gasteiger partial charge in [-0.2, -0.15) is 18.2 Å². The largest absolute Gasteiger partial charge is 0.467 e. The summed E-state index contributed by atoms with van der Waals surface area (Å²) in [5.74, 6) is -0.175. The number of halogens is 3. The third-order valence-corrected chi connectivity index (χ3v) is 7.20. The van der Waals surface area contributed by atoms with Crippen LogP contribution in [0.5, 0.6) is 6.01 Å². The molecule has 0 atom stereocenters. The quantitative estimate of drug-likeness (QED) is 0.302. The van der Waals surface area contributed by atoms with Crippen molar-refractivity contribution >= 4 is 39.8 Å². The second-order valence-corrected chi connectivity index (χ2v) is 10.3. The number of carbonyl (C=O) groups is 1. The maximum absolute atomic E-state index is 13.8. The third-order valence-electron chi connectivity index (χ3n) is 7.20. The average molecular weight is 581 g/mol. The first kappa shape index (κ1) is 29.0. The predicted molar refractivity (Wildman–Crippen MR) is 154 cm³/mol. The van der Waals surface area contributed by atoms with Crippen LogP contribution in [0.1, 0.15) is 35.3 Å². The summed E-state index contributed by atoms with van der Waals surface area (Å²) in [6.07, 6.45) is -1.69. The van der Waals surface area contributed by atoms with Crippen LogP contribution >= 0.6 is 0 Å². The molecule has 42 heavy (non-hydrogen) atoms. The minimum atomic E-state index is -4.57. The maximum Gasteiger partial charge on any atom is 0.416 e. The Morgan fingerprint density at radius 1 is 1.02 bits per heavy atom. The van der Waals surface area contributed by atoms with E-state index < -0.39 is 17.6 Å². The fourth-order valence-electron chi connectivity index (χ4n) is 4.78. The van der Waals surface area contributed by atoms with Gasteiger partial charge in [0.25, 0.3) is 5.91 Å². The smallest absolute Gasteiger partial charge is 0.416 e. The number of hydrogen-bond acceptors (Lipinski definition) is 9. The van der Waals surface area contributed by atoms with E-state index in [1.807, 2.05) is 11.8 Å². The molecule has 3 heterocycles. The van der Waals surface area contributed by atoms with Crippen LogP contribution in [-0.2, 0) is 6.18 Å². The van der Waals surface area contributed by atoms with Crippen molar-refractivity contribution in [1.29, 1.82) is 0 Å². The lowest BCUT2D eigenvalue weighted by atomic mass is 10.1. The lowest BCUT2D eigenvalue weighted by Gasteiger charge is -2.38. The van der Waals surface area contributed by atoms with Crippen LogP contribution in [0.4, 0.5) is 36.1 Å². The van der Waals surface area contributed by atoms with Crippen LogP contribution in [0.3, 0.4) is 0 Å². The molecule has 0 saturated carbocycles. The van der Waals surface area contributed by atoms with Gasteiger partial charge in [-0.05, 0) is 56.7 Å². The lowest BCUT2D eigenvalue weighted by Crippen LogP contribution is -2.49. The molecular weight excluding hydrogens is 549 g/mol. The molecule has 1 saturated heterocycles. The number of piperazine rings is 1. The molecule has 0 radical (unpaired) electrons. The summed E-state index contributed by atoms with van der Waals surface area (Å²) in [6, 6.07) is 9.15. The minimum Gasteiger partial charge on any atom is -0.467 e. The number of hydrogen-bond donors (Lipinski definition) is 2. The number of fused-ring (bicyclic) bond motifs is 1. The highest BCUT2D eigenvalue weighted by molar-refractivity contribution is 6.05. The first-order valence-corrected chi connectivity index (χ1v) is 13.4. The maximum atomic E-state index is 13.8. The average Bonchev–Trinajstić information content (AvgIpc) is 2.97. The Morgan fingerprint density at radius 3 is 2.48 bits per heavy atom. The monoisotopic (exact) mass is 580 g/mol. The van der Waals surface area contributed by atoms with Gasteiger partial charge in [0.2, 0.25) is 0 Å². The summed E-state index contributed by atoms with van der Waals surface area (Å²) >= 11 is 0. The standard InChI is InChI=1S/C29H31F3N8O2/c1-17(2)39-7-9-40(10-8-39)22-13-20(29(30,31)32)12-21(14-22)36-27(41)19-6-5-18(3)23(11-19)37-26-25-24(34-16-35-26)15-33-28(38-25)42-4/h5-6,11-17H,7-10H2,1-4H3,(H,36,41)(H,34,35,37). The van der Waals surface area contributed by atoms with E-state index in [9.17, 15) is 18.0 Å². The van der Waals surface area contributed by atoms with Gasteiger partial charge in [0.1, 0.15) is 17.4 Å². The number of ether oxygens (including phenoxy) is 1. The zero-order valence-corrected chi connectivity index (χ0v) is 23.7. The van der Waals surface area contributed by atoms with Crippen LogP contribution in [0, 0.1) is 6.92 Å². The van der Waals surface area contributed by atoms with E-state index in [0.717, 1.165) is 30.8 Å². The van der Waals surface area contributed by atoms with Gasteiger partial charge in [0.15, 0.2) is 5.82 Å². The highest BCUT2D eigenvalue weighted by atomic mass is 19.4. The molecule has 2 aromatic carbocycles. The van der Waals surface area contributed by atoms with Crippen molar-refractivity contribution in [3.8, 4) is 6.01 Å². The van der Waals surface area contributed by atoms with Crippen molar-refractivity contribution in [2.75, 3.05) is 48.8 Å². The molecule has 0 spiro atoms. The zero-order chi connectivity index (χ0) is 30.0. The lowest BCUT2D eigenvalue weighted by molar-refractivity contribution is -0.137. The second kappa shape index (κ2) is 11.8. The first-order valence-electron chi connectivity index (χ1n) is 13.4. The number of nitrogens with one attached hydrogen (secondary N) is 2. The number of aromatic nitrogens is 4. The summed E-state index contributed by atoms with van der Waals surface area (Å²) in [7, 11) is 1.45. The molecular formula is C29H31F3N8O2. The van der Waals surface area contributed by atoms with Crippen LogP contribution in [-0.4, -0.2) is 70.1 Å². The molecule has 13 heteroatoms. The number of rotatable bonds is 7. The number of alkyl halides is 3. The third kappa shape index (κ3) is 6.35. The number of benzene rings is 2. The highest BCUT2D eigenvalue weighted by Crippen LogP contribution is 2.35. The van der Waals surface area contributed by atoms with Crippen molar-refractivity contribution < 1.29 is 22.7 Å². The van der Waals surface area contributed by atoms with Gasteiger partial charge in [-0.3, -0.25) is 9.69 Å². The molecule has 1 fully saturated rings. The summed E-state index contributed by atoms with van der Waals surface area (Å²) in [4.78, 5) is 34.3. The van der Waals surface area contributed by atoms with Crippen LogP contribution in [0.2, 0.25) is 0 Å². The van der Waals surface area contributed by atoms with Gasteiger partial charge >= 0.3 is 12.2 Å². The molecule has 2 N–H and O–H groups in total. The Bertz CT molecular complexity index is 1600. The molecule has 0 unspecified atom stereocenters. The fraction of sp³-hybridized carbons (Fsp3) is 0.345. The van der Waals surface area contributed by atoms with Gasteiger partial charge in [0.05, 0.1) is 18.9 Å². The molecule has 5 rings (SSSR count). The molecule has 1 amide bonds. The van der Waals surface area contributed by atoms with E-state index >= 15 is 0 Å². The molecule has 1 aliphatic rings. The SMILES string of the molecule is COc1ncc2ncnc(Nc3cc(C(=O)Nc4cc(N5CCN(C(C)C)CC5)cc(C(F)(F)F)c4)ccc3C)c2n1. The number of anilines is 4. The Balaban J connectivity index is 1.40. The van der Waals surface area contributed by atoms with E-state index in [2.05, 4.69) is 49.3 Å². The molecule has 0 bridgehead atoms. The van der Waals surface area contributed by atoms with Crippen molar-refractivity contribution in [2.24, 2.45) is 0 Å². The van der Waals surface area contributed by atoms with Crippen molar-refractivity contribution in [3.05, 3.63) is 65.6 Å². The molecule has 4 aromatic rings. The van der Waals surface area contributed by atoms with Gasteiger partial charge in [-0.1, -0.05) is 6.07 Å². The Labute approximate surface area is 241 Å². The molecule has 1 aliphatic heterocycles. The number of methoxy groups -OCH3 is 1. The topological polar surface area (TPSA) is 108 Å². The van der Waals surface area contributed by atoms with E-state index in [1.54, 1.807) is 24.3 Å². The van der Waals surface area contributed by atoms with Crippen LogP contribution in [0.25, 0.3) is 11.0 Å². The number of amides is 1. The van der Waals surface area contributed by atoms with Crippen molar-refractivity contribution in [3.63, 3.8) is 0 Å². The van der Waals surface area contributed by atoms with Gasteiger partial charge in [-0.25, -0.2) is 15.0 Å². The Morgan fingerprint density at radius 2 is 1.79 bits per heavy atom. The van der Waals surface area contributed by atoms with Crippen LogP contribution < -0.4 is 20.3 Å². The molecule has 0 aliphatic carbocycles. The Hall–Kier alpha value is -4.52. The number of carbonyl (C=O) groups excluding carboxylic acids is 1. The van der Waals surface area contributed by atoms with E-state index in [0.29, 0.717) is 47.4 Å². The highest BCUT2D eigenvalue weighted by Gasteiger charge is 2.32. The van der Waals surface area contributed by atoms with E-state index in [1.165, 1.54) is 19.6 Å². The summed E-state index contributed by atoms with van der Waals surface area (Å²) in [5.41, 5.74) is 2.20. The normalized spacial score (nSPS) is 14.3. The van der Waals surface area contributed by atoms with Crippen molar-refractivity contribution in [1.82, 2.24) is 24.8 Å². The molecule has 10 nitrogen and oxygen atoms in total. The zero-order valence-electron chi connectivity index (χ0n) is 23.7. The molecule has 220 valence electrons. The number of nitrogens with zero attached hydrogens (tertiary/aromatic N) is 6. The van der Waals surface area contributed by atoms with Gasteiger partial charge in [-0.15, -0.1) is 0 Å². The van der Waals surface area contributed by atoms with E-state index in [4.69, 9.17) is 4.74 Å².